The Bertz CT molecular complexity index is 209. The maximum atomic E-state index is 9.01. The fraction of sp³-hybridized carbons (Fsp3) is 1.00. The lowest BCUT2D eigenvalue weighted by molar-refractivity contribution is -0.125. The number of hydrogen-bond acceptors (Lipinski definition) is 3. The molecule has 3 heteroatoms. The highest BCUT2D eigenvalue weighted by molar-refractivity contribution is 4.50. The van der Waals surface area contributed by atoms with E-state index < -0.39 is 6.29 Å². The maximum Gasteiger partial charge on any atom is 0.177 e. The van der Waals surface area contributed by atoms with Crippen molar-refractivity contribution in [2.45, 2.75) is 116 Å². The van der Waals surface area contributed by atoms with E-state index in [0.29, 0.717) is 6.61 Å². The molecule has 0 aliphatic rings. The zero-order valence-electron chi connectivity index (χ0n) is 15.6. The lowest BCUT2D eigenvalue weighted by Crippen LogP contribution is -2.16. The second kappa shape index (κ2) is 19.9. The Morgan fingerprint density at radius 1 is 0.609 bits per heavy atom. The normalized spacial score (nSPS) is 12.7. The second-order valence-electron chi connectivity index (χ2n) is 6.81. The highest BCUT2D eigenvalue weighted by Gasteiger charge is 2.00. The van der Waals surface area contributed by atoms with Crippen LogP contribution in [0.5, 0.6) is 0 Å². The summed E-state index contributed by atoms with van der Waals surface area (Å²) in [7, 11) is 0. The van der Waals surface area contributed by atoms with Crippen LogP contribution in [0.3, 0.4) is 0 Å². The molecule has 0 amide bonds. The predicted octanol–water partition coefficient (Wildman–Crippen LogP) is 5.58. The van der Waals surface area contributed by atoms with Crippen molar-refractivity contribution in [1.82, 2.24) is 0 Å². The van der Waals surface area contributed by atoms with Crippen molar-refractivity contribution in [3.63, 3.8) is 0 Å². The number of unbranched alkanes of at least 4 members (excludes halogenated alkanes) is 15. The molecule has 23 heavy (non-hydrogen) atoms. The summed E-state index contributed by atoms with van der Waals surface area (Å²) in [6.07, 6.45) is 20.7. The molecule has 0 saturated heterocycles. The minimum Gasteiger partial charge on any atom is -0.391 e. The molecule has 0 saturated carbocycles. The van der Waals surface area contributed by atoms with Crippen molar-refractivity contribution >= 4 is 0 Å². The second-order valence-corrected chi connectivity index (χ2v) is 6.81. The monoisotopic (exact) mass is 330 g/mol. The molecule has 140 valence electrons. The molecule has 0 aromatic heterocycles. The molecular formula is C20H42O3. The number of ether oxygens (including phenoxy) is 1. The lowest BCUT2D eigenvalue weighted by Gasteiger charge is -2.08. The van der Waals surface area contributed by atoms with Gasteiger partial charge >= 0.3 is 0 Å². The summed E-state index contributed by atoms with van der Waals surface area (Å²) in [5, 5.41) is 17.6. The van der Waals surface area contributed by atoms with Crippen LogP contribution in [0.25, 0.3) is 0 Å². The van der Waals surface area contributed by atoms with E-state index in [4.69, 9.17) is 14.9 Å². The minimum absolute atomic E-state index is 0.307. The SMILES string of the molecule is CCCCCCCCCCCCCCCCCCO[C@H](O)CO. The van der Waals surface area contributed by atoms with Gasteiger partial charge in [-0.3, -0.25) is 0 Å². The van der Waals surface area contributed by atoms with Crippen LogP contribution >= 0.6 is 0 Å². The van der Waals surface area contributed by atoms with E-state index in [1.54, 1.807) is 0 Å². The summed E-state index contributed by atoms with van der Waals surface area (Å²) in [6, 6.07) is 0. The molecule has 0 fully saturated rings. The molecule has 0 radical (unpaired) electrons. The van der Waals surface area contributed by atoms with Gasteiger partial charge in [0.25, 0.3) is 0 Å². The lowest BCUT2D eigenvalue weighted by atomic mass is 10.0. The van der Waals surface area contributed by atoms with E-state index in [-0.39, 0.29) is 6.61 Å². The topological polar surface area (TPSA) is 49.7 Å². The highest BCUT2D eigenvalue weighted by Crippen LogP contribution is 2.13. The molecule has 2 N–H and O–H groups in total. The molecule has 1 atom stereocenters. The van der Waals surface area contributed by atoms with Crippen LogP contribution in [0.4, 0.5) is 0 Å². The Kier molecular flexibility index (Phi) is 19.8. The van der Waals surface area contributed by atoms with Crippen molar-refractivity contribution in [3.05, 3.63) is 0 Å². The number of aliphatic hydroxyl groups is 2. The molecule has 0 aliphatic carbocycles. The molecule has 0 bridgehead atoms. The molecule has 0 unspecified atom stereocenters. The van der Waals surface area contributed by atoms with E-state index in [2.05, 4.69) is 6.92 Å². The number of hydrogen-bond donors (Lipinski definition) is 2. The quantitative estimate of drug-likeness (QED) is 0.240. The van der Waals surface area contributed by atoms with Crippen LogP contribution in [0.2, 0.25) is 0 Å². The number of aliphatic hydroxyl groups excluding tert-OH is 2. The third-order valence-corrected chi connectivity index (χ3v) is 4.46. The van der Waals surface area contributed by atoms with Crippen LogP contribution in [0.1, 0.15) is 110 Å². The predicted molar refractivity (Wildman–Crippen MR) is 98.6 cm³/mol. The first-order valence-electron chi connectivity index (χ1n) is 10.2. The van der Waals surface area contributed by atoms with E-state index in [1.807, 2.05) is 0 Å². The first-order chi connectivity index (χ1) is 11.3. The molecular weight excluding hydrogens is 288 g/mol. The van der Waals surface area contributed by atoms with Crippen molar-refractivity contribution in [2.24, 2.45) is 0 Å². The summed E-state index contributed by atoms with van der Waals surface area (Å²) >= 11 is 0. The Balaban J connectivity index is 2.97. The first-order valence-corrected chi connectivity index (χ1v) is 10.2. The van der Waals surface area contributed by atoms with Crippen LogP contribution < -0.4 is 0 Å². The highest BCUT2D eigenvalue weighted by atomic mass is 16.6. The average Bonchev–Trinajstić information content (AvgIpc) is 2.57. The van der Waals surface area contributed by atoms with Gasteiger partial charge in [-0.2, -0.15) is 0 Å². The molecule has 0 aromatic carbocycles. The van der Waals surface area contributed by atoms with Crippen LogP contribution in [-0.4, -0.2) is 29.7 Å². The third-order valence-electron chi connectivity index (χ3n) is 4.46. The Hall–Kier alpha value is -0.120. The smallest absolute Gasteiger partial charge is 0.177 e. The fourth-order valence-electron chi connectivity index (χ4n) is 2.92. The van der Waals surface area contributed by atoms with Crippen LogP contribution in [-0.2, 0) is 4.74 Å². The van der Waals surface area contributed by atoms with E-state index in [1.165, 1.54) is 89.9 Å². The summed E-state index contributed by atoms with van der Waals surface area (Å²) in [5.74, 6) is 0. The summed E-state index contributed by atoms with van der Waals surface area (Å²) in [6.45, 7) is 2.53. The summed E-state index contributed by atoms with van der Waals surface area (Å²) in [4.78, 5) is 0. The molecule has 0 heterocycles. The standard InChI is InChI=1S/C20H42O3/c1-2-3-4-5-6-7-8-9-10-11-12-13-14-15-16-17-18-23-20(22)19-21/h20-22H,2-19H2,1H3/t20-/m0/s1. The molecule has 0 aliphatic heterocycles. The first kappa shape index (κ1) is 22.9. The molecule has 0 spiro atoms. The van der Waals surface area contributed by atoms with E-state index in [0.717, 1.165) is 12.8 Å². The largest absolute Gasteiger partial charge is 0.391 e. The zero-order chi connectivity index (χ0) is 17.0. The van der Waals surface area contributed by atoms with Crippen molar-refractivity contribution in [1.29, 1.82) is 0 Å². The van der Waals surface area contributed by atoms with Gasteiger partial charge in [0.2, 0.25) is 0 Å². The van der Waals surface area contributed by atoms with Gasteiger partial charge < -0.3 is 14.9 Å². The maximum absolute atomic E-state index is 9.01. The molecule has 3 nitrogen and oxygen atoms in total. The van der Waals surface area contributed by atoms with Gasteiger partial charge in [0.1, 0.15) is 0 Å². The Morgan fingerprint density at radius 2 is 0.957 bits per heavy atom. The van der Waals surface area contributed by atoms with Crippen LogP contribution in [0.15, 0.2) is 0 Å². The fourth-order valence-corrected chi connectivity index (χ4v) is 2.92. The van der Waals surface area contributed by atoms with Gasteiger partial charge in [0, 0.05) is 6.61 Å². The van der Waals surface area contributed by atoms with Crippen molar-refractivity contribution < 1.29 is 14.9 Å². The van der Waals surface area contributed by atoms with Crippen molar-refractivity contribution in [2.75, 3.05) is 13.2 Å². The Labute approximate surface area is 144 Å². The van der Waals surface area contributed by atoms with E-state index in [9.17, 15) is 0 Å². The summed E-state index contributed by atoms with van der Waals surface area (Å²) < 4.78 is 5.02. The third kappa shape index (κ3) is 19.8. The van der Waals surface area contributed by atoms with Gasteiger partial charge in [-0.05, 0) is 6.42 Å². The molecule has 0 aromatic rings. The van der Waals surface area contributed by atoms with Gasteiger partial charge in [-0.25, -0.2) is 0 Å². The van der Waals surface area contributed by atoms with E-state index >= 15 is 0 Å². The summed E-state index contributed by atoms with van der Waals surface area (Å²) in [5.41, 5.74) is 0. The van der Waals surface area contributed by atoms with Gasteiger partial charge in [0.05, 0.1) is 6.61 Å². The zero-order valence-corrected chi connectivity index (χ0v) is 15.6. The van der Waals surface area contributed by atoms with Gasteiger partial charge in [-0.15, -0.1) is 0 Å². The minimum atomic E-state index is -0.994. The van der Waals surface area contributed by atoms with Gasteiger partial charge in [0.15, 0.2) is 6.29 Å². The van der Waals surface area contributed by atoms with Crippen LogP contribution in [0, 0.1) is 0 Å². The number of rotatable bonds is 19. The Morgan fingerprint density at radius 3 is 1.30 bits per heavy atom. The van der Waals surface area contributed by atoms with Gasteiger partial charge in [-0.1, -0.05) is 103 Å². The van der Waals surface area contributed by atoms with Crippen molar-refractivity contribution in [3.8, 4) is 0 Å². The molecule has 0 rings (SSSR count). The average molecular weight is 331 g/mol.